The van der Waals surface area contributed by atoms with Crippen LogP contribution in [0.25, 0.3) is 11.4 Å². The van der Waals surface area contributed by atoms with Gasteiger partial charge < -0.3 is 15.0 Å². The van der Waals surface area contributed by atoms with Crippen LogP contribution >= 0.6 is 15.9 Å². The van der Waals surface area contributed by atoms with Crippen LogP contribution in [0.2, 0.25) is 0 Å². The molecule has 0 spiro atoms. The van der Waals surface area contributed by atoms with Gasteiger partial charge in [-0.1, -0.05) is 21.1 Å². The van der Waals surface area contributed by atoms with Crippen molar-refractivity contribution in [2.45, 2.75) is 12.5 Å². The number of methoxy groups -OCH3 is 1. The van der Waals surface area contributed by atoms with Crippen molar-refractivity contribution >= 4 is 15.9 Å². The molecule has 1 heterocycles. The number of benzene rings is 1. The Morgan fingerprint density at radius 3 is 3.05 bits per heavy atom. The van der Waals surface area contributed by atoms with Crippen molar-refractivity contribution < 1.29 is 13.7 Å². The summed E-state index contributed by atoms with van der Waals surface area (Å²) in [5, 5.41) is 3.81. The van der Waals surface area contributed by atoms with E-state index >= 15 is 0 Å². The fraction of sp³-hybridized carbons (Fsp3) is 0.333. The normalized spacial score (nSPS) is 12.6. The van der Waals surface area contributed by atoms with Crippen LogP contribution in [0.3, 0.4) is 0 Å². The van der Waals surface area contributed by atoms with E-state index in [4.69, 9.17) is 15.0 Å². The second-order valence-corrected chi connectivity index (χ2v) is 4.82. The second kappa shape index (κ2) is 6.23. The summed E-state index contributed by atoms with van der Waals surface area (Å²) >= 11 is 3.32. The quantitative estimate of drug-likeness (QED) is 0.912. The van der Waals surface area contributed by atoms with Gasteiger partial charge in [0.1, 0.15) is 5.82 Å². The Kier molecular flexibility index (Phi) is 4.62. The lowest BCUT2D eigenvalue weighted by atomic mass is 10.2. The monoisotopic (exact) mass is 329 g/mol. The van der Waals surface area contributed by atoms with Gasteiger partial charge in [0.2, 0.25) is 11.7 Å². The maximum atomic E-state index is 13.2. The third kappa shape index (κ3) is 3.37. The van der Waals surface area contributed by atoms with Crippen LogP contribution in [0.1, 0.15) is 18.4 Å². The molecule has 1 aromatic heterocycles. The molecule has 0 radical (unpaired) electrons. The number of ether oxygens (including phenoxy) is 1. The van der Waals surface area contributed by atoms with E-state index in [0.717, 1.165) is 0 Å². The first-order valence-corrected chi connectivity index (χ1v) is 6.44. The highest BCUT2D eigenvalue weighted by Crippen LogP contribution is 2.27. The largest absolute Gasteiger partial charge is 0.385 e. The summed E-state index contributed by atoms with van der Waals surface area (Å²) in [6, 6.07) is 3.87. The summed E-state index contributed by atoms with van der Waals surface area (Å²) in [6.07, 6.45) is 0.572. The zero-order valence-electron chi connectivity index (χ0n) is 10.3. The minimum Gasteiger partial charge on any atom is -0.385 e. The van der Waals surface area contributed by atoms with Gasteiger partial charge >= 0.3 is 0 Å². The van der Waals surface area contributed by atoms with Crippen LogP contribution < -0.4 is 5.73 Å². The van der Waals surface area contributed by atoms with Crippen molar-refractivity contribution in [1.82, 2.24) is 10.1 Å². The number of nitrogens with zero attached hydrogens (tertiary/aromatic N) is 2. The maximum absolute atomic E-state index is 13.2. The second-order valence-electron chi connectivity index (χ2n) is 3.97. The Bertz CT molecular complexity index is 562. The molecule has 0 aliphatic heterocycles. The molecule has 0 amide bonds. The molecule has 102 valence electrons. The van der Waals surface area contributed by atoms with Gasteiger partial charge in [-0.2, -0.15) is 4.98 Å². The van der Waals surface area contributed by atoms with Crippen LogP contribution in [0.5, 0.6) is 0 Å². The van der Waals surface area contributed by atoms with Crippen LogP contribution in [0.15, 0.2) is 27.2 Å². The van der Waals surface area contributed by atoms with Gasteiger partial charge in [-0.25, -0.2) is 4.39 Å². The predicted octanol–water partition coefficient (Wildman–Crippen LogP) is 2.67. The van der Waals surface area contributed by atoms with E-state index < -0.39 is 6.04 Å². The van der Waals surface area contributed by atoms with Crippen LogP contribution in [0, 0.1) is 5.82 Å². The topological polar surface area (TPSA) is 74.2 Å². The Morgan fingerprint density at radius 2 is 2.32 bits per heavy atom. The standard InChI is InChI=1S/C12H13BrFN3O2/c1-18-5-4-10(15)12-16-11(17-19-12)8-6-7(14)2-3-9(8)13/h2-3,6,10H,4-5,15H2,1H3. The molecular weight excluding hydrogens is 317 g/mol. The van der Waals surface area contributed by atoms with E-state index in [0.29, 0.717) is 34.8 Å². The van der Waals surface area contributed by atoms with E-state index in [2.05, 4.69) is 26.1 Å². The third-order valence-electron chi connectivity index (χ3n) is 2.56. The number of rotatable bonds is 5. The lowest BCUT2D eigenvalue weighted by molar-refractivity contribution is 0.182. The number of halogens is 2. The molecule has 0 fully saturated rings. The van der Waals surface area contributed by atoms with Gasteiger partial charge in [-0.3, -0.25) is 0 Å². The van der Waals surface area contributed by atoms with Crippen molar-refractivity contribution in [1.29, 1.82) is 0 Å². The van der Waals surface area contributed by atoms with Gasteiger partial charge in [0.05, 0.1) is 6.04 Å². The van der Waals surface area contributed by atoms with Crippen molar-refractivity contribution in [3.63, 3.8) is 0 Å². The zero-order valence-corrected chi connectivity index (χ0v) is 11.9. The predicted molar refractivity (Wildman–Crippen MR) is 70.8 cm³/mol. The molecule has 0 bridgehead atoms. The number of hydrogen-bond donors (Lipinski definition) is 1. The van der Waals surface area contributed by atoms with E-state index in [9.17, 15) is 4.39 Å². The van der Waals surface area contributed by atoms with Crippen LogP contribution in [-0.2, 0) is 4.74 Å². The first-order chi connectivity index (χ1) is 9.11. The SMILES string of the molecule is COCCC(N)c1nc(-c2cc(F)ccc2Br)no1. The minimum atomic E-state index is -0.395. The lowest BCUT2D eigenvalue weighted by Gasteiger charge is -2.04. The Balaban J connectivity index is 2.23. The van der Waals surface area contributed by atoms with Gasteiger partial charge in [0.15, 0.2) is 0 Å². The molecule has 7 heteroatoms. The van der Waals surface area contributed by atoms with Gasteiger partial charge in [0.25, 0.3) is 0 Å². The summed E-state index contributed by atoms with van der Waals surface area (Å²) in [6.45, 7) is 0.503. The summed E-state index contributed by atoms with van der Waals surface area (Å²) in [5.41, 5.74) is 6.40. The zero-order chi connectivity index (χ0) is 13.8. The van der Waals surface area contributed by atoms with Crippen molar-refractivity contribution in [2.75, 3.05) is 13.7 Å². The molecule has 0 aliphatic rings. The molecule has 1 aromatic carbocycles. The summed E-state index contributed by atoms with van der Waals surface area (Å²) in [4.78, 5) is 4.18. The Morgan fingerprint density at radius 1 is 1.53 bits per heavy atom. The minimum absolute atomic E-state index is 0.300. The Hall–Kier alpha value is -1.31. The summed E-state index contributed by atoms with van der Waals surface area (Å²) in [5.74, 6) is 0.241. The fourth-order valence-corrected chi connectivity index (χ4v) is 1.96. The highest BCUT2D eigenvalue weighted by molar-refractivity contribution is 9.10. The molecule has 2 rings (SSSR count). The smallest absolute Gasteiger partial charge is 0.243 e. The van der Waals surface area contributed by atoms with Gasteiger partial charge in [-0.15, -0.1) is 0 Å². The molecule has 2 N–H and O–H groups in total. The van der Waals surface area contributed by atoms with E-state index in [1.165, 1.54) is 12.1 Å². The van der Waals surface area contributed by atoms with Gasteiger partial charge in [0, 0.05) is 23.8 Å². The molecule has 5 nitrogen and oxygen atoms in total. The molecule has 0 aliphatic carbocycles. The van der Waals surface area contributed by atoms with Crippen molar-refractivity contribution in [3.05, 3.63) is 34.4 Å². The Labute approximate surface area is 118 Å². The third-order valence-corrected chi connectivity index (χ3v) is 3.25. The molecule has 0 saturated heterocycles. The van der Waals surface area contributed by atoms with E-state index in [1.807, 2.05) is 0 Å². The molecule has 1 atom stereocenters. The highest BCUT2D eigenvalue weighted by atomic mass is 79.9. The summed E-state index contributed by atoms with van der Waals surface area (Å²) < 4.78 is 23.9. The number of aromatic nitrogens is 2. The average Bonchev–Trinajstić information content (AvgIpc) is 2.88. The van der Waals surface area contributed by atoms with Crippen molar-refractivity contribution in [2.24, 2.45) is 5.73 Å². The average molecular weight is 330 g/mol. The van der Waals surface area contributed by atoms with E-state index in [1.54, 1.807) is 13.2 Å². The lowest BCUT2D eigenvalue weighted by Crippen LogP contribution is -2.13. The fourth-order valence-electron chi connectivity index (χ4n) is 1.53. The van der Waals surface area contributed by atoms with Gasteiger partial charge in [-0.05, 0) is 24.6 Å². The molecular formula is C12H13BrFN3O2. The highest BCUT2D eigenvalue weighted by Gasteiger charge is 2.17. The number of nitrogens with two attached hydrogens (primary N) is 1. The van der Waals surface area contributed by atoms with E-state index in [-0.39, 0.29) is 5.82 Å². The molecule has 1 unspecified atom stereocenters. The first-order valence-electron chi connectivity index (χ1n) is 5.65. The summed E-state index contributed by atoms with van der Waals surface area (Å²) in [7, 11) is 1.59. The van der Waals surface area contributed by atoms with Crippen LogP contribution in [0.4, 0.5) is 4.39 Å². The molecule has 19 heavy (non-hydrogen) atoms. The molecule has 2 aromatic rings. The first kappa shape index (κ1) is 14.1. The van der Waals surface area contributed by atoms with Crippen molar-refractivity contribution in [3.8, 4) is 11.4 Å². The maximum Gasteiger partial charge on any atom is 0.243 e. The molecule has 0 saturated carbocycles. The van der Waals surface area contributed by atoms with Crippen LogP contribution in [-0.4, -0.2) is 23.9 Å². The number of hydrogen-bond acceptors (Lipinski definition) is 5.